The highest BCUT2D eigenvalue weighted by atomic mass is 32.1. The number of aromatic nitrogens is 1. The first-order valence-electron chi connectivity index (χ1n) is 7.76. The Morgan fingerprint density at radius 3 is 2.54 bits per heavy atom. The molecule has 2 rings (SSSR count). The van der Waals surface area contributed by atoms with Gasteiger partial charge in [0.1, 0.15) is 0 Å². The van der Waals surface area contributed by atoms with E-state index < -0.39 is 6.09 Å². The zero-order chi connectivity index (χ0) is 17.5. The average Bonchev–Trinajstić information content (AvgIpc) is 2.94. The van der Waals surface area contributed by atoms with Crippen LogP contribution >= 0.6 is 11.3 Å². The van der Waals surface area contributed by atoms with Crippen LogP contribution in [-0.4, -0.2) is 23.6 Å². The Morgan fingerprint density at radius 2 is 1.92 bits per heavy atom. The molecule has 0 radical (unpaired) electrons. The second kappa shape index (κ2) is 8.44. The van der Waals surface area contributed by atoms with E-state index in [9.17, 15) is 9.59 Å². The van der Waals surface area contributed by atoms with E-state index in [1.807, 2.05) is 24.3 Å². The number of rotatable bonds is 6. The second-order valence-electron chi connectivity index (χ2n) is 5.49. The Bertz CT molecular complexity index is 695. The second-order valence-corrected chi connectivity index (χ2v) is 6.35. The number of carbonyl (C=O) groups excluding carboxylic acids is 2. The van der Waals surface area contributed by atoms with Crippen LogP contribution in [0.1, 0.15) is 37.9 Å². The van der Waals surface area contributed by atoms with Gasteiger partial charge in [0.2, 0.25) is 5.91 Å². The van der Waals surface area contributed by atoms with E-state index >= 15 is 0 Å². The number of anilines is 2. The van der Waals surface area contributed by atoms with Crippen molar-refractivity contribution in [2.45, 2.75) is 33.1 Å². The van der Waals surface area contributed by atoms with E-state index in [1.54, 1.807) is 12.3 Å². The molecular formula is C17H21N3O3S. The molecule has 1 aromatic carbocycles. The number of amides is 2. The number of nitrogens with one attached hydrogen (secondary N) is 2. The number of thiazole rings is 1. The molecule has 24 heavy (non-hydrogen) atoms. The van der Waals surface area contributed by atoms with Gasteiger partial charge in [0.05, 0.1) is 18.7 Å². The molecule has 0 atom stereocenters. The van der Waals surface area contributed by atoms with Crippen LogP contribution in [0.15, 0.2) is 29.6 Å². The molecule has 1 aromatic heterocycles. The van der Waals surface area contributed by atoms with Crippen LogP contribution in [0, 0.1) is 0 Å². The molecule has 0 aliphatic carbocycles. The SMILES string of the molecule is CCOC(=O)Nc1nc(CC(=O)Nc2ccc(C(C)C)cc2)cs1. The van der Waals surface area contributed by atoms with Crippen molar-refractivity contribution in [2.24, 2.45) is 0 Å². The summed E-state index contributed by atoms with van der Waals surface area (Å²) in [5.41, 5.74) is 2.58. The first-order chi connectivity index (χ1) is 11.5. The molecule has 1 heterocycles. The van der Waals surface area contributed by atoms with Gasteiger partial charge in [-0.3, -0.25) is 10.1 Å². The van der Waals surface area contributed by atoms with Crippen molar-refractivity contribution >= 4 is 34.2 Å². The van der Waals surface area contributed by atoms with Gasteiger partial charge in [-0.15, -0.1) is 11.3 Å². The van der Waals surface area contributed by atoms with E-state index in [1.165, 1.54) is 16.9 Å². The van der Waals surface area contributed by atoms with E-state index in [0.29, 0.717) is 23.4 Å². The monoisotopic (exact) mass is 347 g/mol. The van der Waals surface area contributed by atoms with E-state index in [-0.39, 0.29) is 12.3 Å². The summed E-state index contributed by atoms with van der Waals surface area (Å²) in [6.07, 6.45) is -0.402. The van der Waals surface area contributed by atoms with Gasteiger partial charge in [-0.25, -0.2) is 9.78 Å². The lowest BCUT2D eigenvalue weighted by molar-refractivity contribution is -0.115. The van der Waals surface area contributed by atoms with Crippen molar-refractivity contribution in [2.75, 3.05) is 17.2 Å². The highest BCUT2D eigenvalue weighted by Crippen LogP contribution is 2.18. The van der Waals surface area contributed by atoms with E-state index in [4.69, 9.17) is 4.74 Å². The standard InChI is InChI=1S/C17H21N3O3S/c1-4-23-17(22)20-16-19-14(10-24-16)9-15(21)18-13-7-5-12(6-8-13)11(2)3/h5-8,10-11H,4,9H2,1-3H3,(H,18,21)(H,19,20,22). The summed E-state index contributed by atoms with van der Waals surface area (Å²) in [5, 5.41) is 7.51. The third-order valence-electron chi connectivity index (χ3n) is 3.24. The molecule has 2 N–H and O–H groups in total. The molecule has 0 saturated carbocycles. The van der Waals surface area contributed by atoms with Gasteiger partial charge in [0, 0.05) is 11.1 Å². The number of hydrogen-bond acceptors (Lipinski definition) is 5. The summed E-state index contributed by atoms with van der Waals surface area (Å²) in [6, 6.07) is 7.79. The zero-order valence-corrected chi connectivity index (χ0v) is 14.8. The quantitative estimate of drug-likeness (QED) is 0.827. The molecule has 0 unspecified atom stereocenters. The number of benzene rings is 1. The number of nitrogens with zero attached hydrogens (tertiary/aromatic N) is 1. The molecule has 0 spiro atoms. The fraction of sp³-hybridized carbons (Fsp3) is 0.353. The minimum Gasteiger partial charge on any atom is -0.450 e. The lowest BCUT2D eigenvalue weighted by Crippen LogP contribution is -2.15. The van der Waals surface area contributed by atoms with Crippen molar-refractivity contribution in [3.8, 4) is 0 Å². The van der Waals surface area contributed by atoms with Gasteiger partial charge in [-0.1, -0.05) is 26.0 Å². The molecule has 0 aliphatic heterocycles. The van der Waals surface area contributed by atoms with Crippen LogP contribution < -0.4 is 10.6 Å². The maximum Gasteiger partial charge on any atom is 0.413 e. The van der Waals surface area contributed by atoms with Crippen molar-refractivity contribution in [3.63, 3.8) is 0 Å². The number of carbonyl (C=O) groups is 2. The molecule has 0 saturated heterocycles. The topological polar surface area (TPSA) is 80.3 Å². The molecule has 0 fully saturated rings. The molecule has 128 valence electrons. The Hall–Kier alpha value is -2.41. The molecule has 7 heteroatoms. The molecule has 0 bridgehead atoms. The van der Waals surface area contributed by atoms with Crippen molar-refractivity contribution in [1.29, 1.82) is 0 Å². The largest absolute Gasteiger partial charge is 0.450 e. The maximum absolute atomic E-state index is 12.1. The zero-order valence-electron chi connectivity index (χ0n) is 14.0. The Balaban J connectivity index is 1.88. The summed E-state index contributed by atoms with van der Waals surface area (Å²) in [4.78, 5) is 27.6. The lowest BCUT2D eigenvalue weighted by atomic mass is 10.0. The molecule has 0 aliphatic rings. The number of ether oxygens (including phenoxy) is 1. The highest BCUT2D eigenvalue weighted by molar-refractivity contribution is 7.13. The first kappa shape index (κ1) is 17.9. The van der Waals surface area contributed by atoms with Gasteiger partial charge in [0.25, 0.3) is 0 Å². The molecule has 2 aromatic rings. The summed E-state index contributed by atoms with van der Waals surface area (Å²) in [7, 11) is 0. The smallest absolute Gasteiger partial charge is 0.413 e. The van der Waals surface area contributed by atoms with Gasteiger partial charge in [-0.2, -0.15) is 0 Å². The summed E-state index contributed by atoms with van der Waals surface area (Å²) in [6.45, 7) is 6.27. The van der Waals surface area contributed by atoms with Crippen LogP contribution in [0.25, 0.3) is 0 Å². The van der Waals surface area contributed by atoms with Crippen LogP contribution in [-0.2, 0) is 16.0 Å². The normalized spacial score (nSPS) is 10.5. The minimum atomic E-state index is -0.548. The Morgan fingerprint density at radius 1 is 1.21 bits per heavy atom. The lowest BCUT2D eigenvalue weighted by Gasteiger charge is -2.08. The summed E-state index contributed by atoms with van der Waals surface area (Å²) < 4.78 is 4.78. The predicted molar refractivity (Wildman–Crippen MR) is 95.6 cm³/mol. The van der Waals surface area contributed by atoms with Gasteiger partial charge >= 0.3 is 6.09 Å². The fourth-order valence-corrected chi connectivity index (χ4v) is 2.72. The minimum absolute atomic E-state index is 0.146. The highest BCUT2D eigenvalue weighted by Gasteiger charge is 2.10. The summed E-state index contributed by atoms with van der Waals surface area (Å²) in [5.74, 6) is 0.301. The fourth-order valence-electron chi connectivity index (χ4n) is 2.02. The maximum atomic E-state index is 12.1. The third-order valence-corrected chi connectivity index (χ3v) is 4.05. The van der Waals surface area contributed by atoms with Gasteiger partial charge < -0.3 is 10.1 Å². The van der Waals surface area contributed by atoms with E-state index in [2.05, 4.69) is 29.5 Å². The molecular weight excluding hydrogens is 326 g/mol. The molecule has 6 nitrogen and oxygen atoms in total. The predicted octanol–water partition coefficient (Wildman–Crippen LogP) is 4.02. The van der Waals surface area contributed by atoms with Crippen LogP contribution in [0.2, 0.25) is 0 Å². The van der Waals surface area contributed by atoms with Crippen molar-refractivity contribution < 1.29 is 14.3 Å². The van der Waals surface area contributed by atoms with Crippen LogP contribution in [0.4, 0.5) is 15.6 Å². The Kier molecular flexibility index (Phi) is 6.31. The summed E-state index contributed by atoms with van der Waals surface area (Å²) >= 11 is 1.25. The van der Waals surface area contributed by atoms with Gasteiger partial charge in [0.15, 0.2) is 5.13 Å². The Labute approximate surface area is 145 Å². The molecule has 2 amide bonds. The number of hydrogen-bond donors (Lipinski definition) is 2. The third kappa shape index (κ3) is 5.34. The van der Waals surface area contributed by atoms with Crippen LogP contribution in [0.5, 0.6) is 0 Å². The van der Waals surface area contributed by atoms with Gasteiger partial charge in [-0.05, 0) is 30.5 Å². The van der Waals surface area contributed by atoms with Crippen LogP contribution in [0.3, 0.4) is 0 Å². The van der Waals surface area contributed by atoms with E-state index in [0.717, 1.165) is 5.69 Å². The van der Waals surface area contributed by atoms with Crippen molar-refractivity contribution in [1.82, 2.24) is 4.98 Å². The first-order valence-corrected chi connectivity index (χ1v) is 8.64. The average molecular weight is 347 g/mol. The van der Waals surface area contributed by atoms with Crippen molar-refractivity contribution in [3.05, 3.63) is 40.9 Å².